The molecule has 1 fully saturated rings. The SMILES string of the molecule is C[C@@H]1CC(=O)OC[C@H](C)C1Cl. The maximum absolute atomic E-state index is 10.9. The van der Waals surface area contributed by atoms with E-state index in [1.807, 2.05) is 13.8 Å². The largest absolute Gasteiger partial charge is 0.465 e. The third-order valence-corrected chi connectivity index (χ3v) is 2.94. The fourth-order valence-corrected chi connectivity index (χ4v) is 1.47. The van der Waals surface area contributed by atoms with E-state index in [1.54, 1.807) is 0 Å². The minimum Gasteiger partial charge on any atom is -0.465 e. The molecule has 2 nitrogen and oxygen atoms in total. The summed E-state index contributed by atoms with van der Waals surface area (Å²) >= 11 is 6.06. The van der Waals surface area contributed by atoms with Crippen LogP contribution in [0, 0.1) is 11.8 Å². The standard InChI is InChI=1S/C8H13ClO2/c1-5-3-7(10)11-4-6(2)8(5)9/h5-6,8H,3-4H2,1-2H3/t5-,6+,8?/m1/s1. The third kappa shape index (κ3) is 2.09. The molecule has 1 unspecified atom stereocenters. The topological polar surface area (TPSA) is 26.3 Å². The highest BCUT2D eigenvalue weighted by Crippen LogP contribution is 2.25. The minimum atomic E-state index is -0.118. The van der Waals surface area contributed by atoms with Gasteiger partial charge in [-0.3, -0.25) is 4.79 Å². The van der Waals surface area contributed by atoms with Gasteiger partial charge in [-0.05, 0) is 5.92 Å². The first-order valence-electron chi connectivity index (χ1n) is 3.91. The number of carbonyl (C=O) groups excluding carboxylic acids is 1. The lowest BCUT2D eigenvalue weighted by Crippen LogP contribution is -2.20. The van der Waals surface area contributed by atoms with E-state index in [-0.39, 0.29) is 23.2 Å². The van der Waals surface area contributed by atoms with E-state index in [4.69, 9.17) is 16.3 Å². The Kier molecular flexibility index (Phi) is 2.77. The summed E-state index contributed by atoms with van der Waals surface area (Å²) in [5.41, 5.74) is 0. The molecule has 0 amide bonds. The molecule has 1 heterocycles. The van der Waals surface area contributed by atoms with Crippen LogP contribution in [0.3, 0.4) is 0 Å². The van der Waals surface area contributed by atoms with Crippen LogP contribution in [0.25, 0.3) is 0 Å². The molecule has 3 atom stereocenters. The average Bonchev–Trinajstić information content (AvgIpc) is 2.05. The van der Waals surface area contributed by atoms with E-state index >= 15 is 0 Å². The molecule has 11 heavy (non-hydrogen) atoms. The Hall–Kier alpha value is -0.240. The van der Waals surface area contributed by atoms with Crippen LogP contribution in [0.1, 0.15) is 20.3 Å². The van der Waals surface area contributed by atoms with Crippen LogP contribution in [0.4, 0.5) is 0 Å². The van der Waals surface area contributed by atoms with Crippen molar-refractivity contribution in [3.05, 3.63) is 0 Å². The quantitative estimate of drug-likeness (QED) is 0.416. The van der Waals surface area contributed by atoms with Gasteiger partial charge in [0.15, 0.2) is 0 Å². The van der Waals surface area contributed by atoms with Gasteiger partial charge in [-0.25, -0.2) is 0 Å². The number of hydrogen-bond acceptors (Lipinski definition) is 2. The first-order chi connectivity index (χ1) is 5.11. The zero-order valence-corrected chi connectivity index (χ0v) is 7.60. The van der Waals surface area contributed by atoms with Crippen molar-refractivity contribution in [1.82, 2.24) is 0 Å². The van der Waals surface area contributed by atoms with Gasteiger partial charge in [0.25, 0.3) is 0 Å². The highest BCUT2D eigenvalue weighted by molar-refractivity contribution is 6.21. The number of halogens is 1. The summed E-state index contributed by atoms with van der Waals surface area (Å²) in [5, 5.41) is 0.0708. The van der Waals surface area contributed by atoms with E-state index in [0.717, 1.165) is 0 Å². The fraction of sp³-hybridized carbons (Fsp3) is 0.875. The van der Waals surface area contributed by atoms with Gasteiger partial charge in [-0.15, -0.1) is 11.6 Å². The number of ether oxygens (including phenoxy) is 1. The number of hydrogen-bond donors (Lipinski definition) is 0. The van der Waals surface area contributed by atoms with Crippen molar-refractivity contribution in [2.45, 2.75) is 25.6 Å². The predicted octanol–water partition coefficient (Wildman–Crippen LogP) is 1.81. The van der Waals surface area contributed by atoms with Crippen LogP contribution in [-0.2, 0) is 9.53 Å². The summed E-state index contributed by atoms with van der Waals surface area (Å²) in [6, 6.07) is 0. The van der Waals surface area contributed by atoms with Crippen LogP contribution in [0.15, 0.2) is 0 Å². The van der Waals surface area contributed by atoms with E-state index in [0.29, 0.717) is 13.0 Å². The molecule has 0 bridgehead atoms. The second-order valence-electron chi connectivity index (χ2n) is 3.29. The predicted molar refractivity (Wildman–Crippen MR) is 43.5 cm³/mol. The van der Waals surface area contributed by atoms with Crippen LogP contribution >= 0.6 is 11.6 Å². The minimum absolute atomic E-state index is 0.0708. The van der Waals surface area contributed by atoms with Crippen LogP contribution in [0.2, 0.25) is 0 Å². The van der Waals surface area contributed by atoms with Gasteiger partial charge in [0.05, 0.1) is 6.61 Å². The molecule has 0 aromatic heterocycles. The molecule has 0 aromatic rings. The molecule has 0 N–H and O–H groups in total. The van der Waals surface area contributed by atoms with E-state index in [9.17, 15) is 4.79 Å². The van der Waals surface area contributed by atoms with E-state index < -0.39 is 0 Å². The molecular weight excluding hydrogens is 164 g/mol. The van der Waals surface area contributed by atoms with Crippen molar-refractivity contribution < 1.29 is 9.53 Å². The Labute approximate surface area is 71.9 Å². The maximum Gasteiger partial charge on any atom is 0.306 e. The second-order valence-corrected chi connectivity index (χ2v) is 3.79. The van der Waals surface area contributed by atoms with Crippen LogP contribution in [0.5, 0.6) is 0 Å². The summed E-state index contributed by atoms with van der Waals surface area (Å²) in [5.74, 6) is 0.396. The molecule has 3 heteroatoms. The Morgan fingerprint density at radius 2 is 2.09 bits per heavy atom. The highest BCUT2D eigenvalue weighted by atomic mass is 35.5. The molecule has 64 valence electrons. The summed E-state index contributed by atoms with van der Waals surface area (Å²) in [6.45, 7) is 4.46. The van der Waals surface area contributed by atoms with Crippen molar-refractivity contribution in [1.29, 1.82) is 0 Å². The Bertz CT molecular complexity index is 158. The van der Waals surface area contributed by atoms with E-state index in [1.165, 1.54) is 0 Å². The van der Waals surface area contributed by atoms with Crippen molar-refractivity contribution in [3.8, 4) is 0 Å². The molecule has 0 aromatic carbocycles. The van der Waals surface area contributed by atoms with Gasteiger partial charge >= 0.3 is 5.97 Å². The highest BCUT2D eigenvalue weighted by Gasteiger charge is 2.28. The van der Waals surface area contributed by atoms with Gasteiger partial charge < -0.3 is 4.74 Å². The van der Waals surface area contributed by atoms with Gasteiger partial charge in [0, 0.05) is 17.7 Å². The van der Waals surface area contributed by atoms with Gasteiger partial charge in [-0.1, -0.05) is 13.8 Å². The monoisotopic (exact) mass is 176 g/mol. The molecule has 1 aliphatic rings. The smallest absolute Gasteiger partial charge is 0.306 e. The average molecular weight is 177 g/mol. The second kappa shape index (κ2) is 3.44. The van der Waals surface area contributed by atoms with Gasteiger partial charge in [0.1, 0.15) is 0 Å². The third-order valence-electron chi connectivity index (χ3n) is 2.08. The van der Waals surface area contributed by atoms with E-state index in [2.05, 4.69) is 0 Å². The Morgan fingerprint density at radius 1 is 1.45 bits per heavy atom. The summed E-state index contributed by atoms with van der Waals surface area (Å²) in [6.07, 6.45) is 0.457. The zero-order chi connectivity index (χ0) is 8.43. The van der Waals surface area contributed by atoms with Crippen molar-refractivity contribution >= 4 is 17.6 Å². The zero-order valence-electron chi connectivity index (χ0n) is 6.84. The van der Waals surface area contributed by atoms with Crippen molar-refractivity contribution in [2.24, 2.45) is 11.8 Å². The maximum atomic E-state index is 10.9. The number of rotatable bonds is 0. The number of esters is 1. The summed E-state index contributed by atoms with van der Waals surface area (Å²) < 4.78 is 4.93. The summed E-state index contributed by atoms with van der Waals surface area (Å²) in [4.78, 5) is 10.9. The number of alkyl halides is 1. The van der Waals surface area contributed by atoms with Crippen molar-refractivity contribution in [2.75, 3.05) is 6.61 Å². The molecule has 0 saturated carbocycles. The molecule has 1 saturated heterocycles. The lowest BCUT2D eigenvalue weighted by atomic mass is 9.96. The first kappa shape index (κ1) is 8.85. The number of cyclic esters (lactones) is 1. The molecule has 0 aliphatic carbocycles. The molecule has 0 spiro atoms. The Morgan fingerprint density at radius 3 is 2.73 bits per heavy atom. The lowest BCUT2D eigenvalue weighted by Gasteiger charge is -2.17. The molecule has 0 radical (unpaired) electrons. The molecule has 1 aliphatic heterocycles. The molecular formula is C8H13ClO2. The van der Waals surface area contributed by atoms with Crippen LogP contribution in [-0.4, -0.2) is 18.0 Å². The summed E-state index contributed by atoms with van der Waals surface area (Å²) in [7, 11) is 0. The fourth-order valence-electron chi connectivity index (χ4n) is 1.31. The van der Waals surface area contributed by atoms with Gasteiger partial charge in [-0.2, -0.15) is 0 Å². The Balaban J connectivity index is 2.61. The lowest BCUT2D eigenvalue weighted by molar-refractivity contribution is -0.143. The normalized spacial score (nSPS) is 39.5. The van der Waals surface area contributed by atoms with Gasteiger partial charge in [0.2, 0.25) is 0 Å². The van der Waals surface area contributed by atoms with Crippen molar-refractivity contribution in [3.63, 3.8) is 0 Å². The molecule has 1 rings (SSSR count). The first-order valence-corrected chi connectivity index (χ1v) is 4.34. The number of carbonyl (C=O) groups is 1. The van der Waals surface area contributed by atoms with Crippen LogP contribution < -0.4 is 0 Å².